The number of nitrogens with zero attached hydrogens (tertiary/aromatic N) is 3. The number of aromatic carboxylic acids is 1. The summed E-state index contributed by atoms with van der Waals surface area (Å²) in [6.07, 6.45) is 3.40. The van der Waals surface area contributed by atoms with E-state index in [2.05, 4.69) is 16.0 Å². The van der Waals surface area contributed by atoms with Gasteiger partial charge in [0.1, 0.15) is 11.1 Å². The second-order valence-corrected chi connectivity index (χ2v) is 6.15. The molecule has 3 aromatic rings. The van der Waals surface area contributed by atoms with Crippen molar-refractivity contribution in [1.82, 2.24) is 9.97 Å². The molecule has 6 heteroatoms. The Morgan fingerprint density at radius 3 is 2.44 bits per heavy atom. The van der Waals surface area contributed by atoms with Gasteiger partial charge in [-0.15, -0.1) is 11.8 Å². The standard InChI is InChI=1S/C19H13N3O2S/c20-11-16-5-6-17(14-7-9-21-10-8-14)22-18(16)25-12-13-1-3-15(4-2-13)19(23)24/h1-10H,12H2,(H,23,24). The minimum absolute atomic E-state index is 0.254. The first kappa shape index (κ1) is 16.7. The zero-order chi connectivity index (χ0) is 17.6. The van der Waals surface area contributed by atoms with Gasteiger partial charge in [-0.1, -0.05) is 12.1 Å². The van der Waals surface area contributed by atoms with E-state index in [1.165, 1.54) is 11.8 Å². The summed E-state index contributed by atoms with van der Waals surface area (Å²) < 4.78 is 0. The predicted molar refractivity (Wildman–Crippen MR) is 95.1 cm³/mol. The maximum Gasteiger partial charge on any atom is 0.335 e. The molecule has 0 fully saturated rings. The van der Waals surface area contributed by atoms with Crippen molar-refractivity contribution in [3.8, 4) is 17.3 Å². The van der Waals surface area contributed by atoms with Crippen LogP contribution in [0.3, 0.4) is 0 Å². The quantitative estimate of drug-likeness (QED) is 0.702. The lowest BCUT2D eigenvalue weighted by Gasteiger charge is -2.07. The highest BCUT2D eigenvalue weighted by molar-refractivity contribution is 7.98. The minimum atomic E-state index is -0.947. The van der Waals surface area contributed by atoms with Crippen LogP contribution in [0.5, 0.6) is 0 Å². The van der Waals surface area contributed by atoms with Gasteiger partial charge in [0.2, 0.25) is 0 Å². The topological polar surface area (TPSA) is 86.9 Å². The van der Waals surface area contributed by atoms with Gasteiger partial charge in [-0.2, -0.15) is 5.26 Å². The van der Waals surface area contributed by atoms with E-state index in [1.54, 1.807) is 42.7 Å². The molecule has 0 aliphatic rings. The average Bonchev–Trinajstić information content (AvgIpc) is 2.67. The summed E-state index contributed by atoms with van der Waals surface area (Å²) in [5.74, 6) is -0.348. The summed E-state index contributed by atoms with van der Waals surface area (Å²) >= 11 is 1.45. The number of rotatable bonds is 5. The Morgan fingerprint density at radius 2 is 1.80 bits per heavy atom. The molecule has 0 amide bonds. The van der Waals surface area contributed by atoms with Crippen molar-refractivity contribution in [3.05, 3.63) is 77.6 Å². The fraction of sp³-hybridized carbons (Fsp3) is 0.0526. The number of benzene rings is 1. The molecule has 25 heavy (non-hydrogen) atoms. The predicted octanol–water partition coefficient (Wildman–Crippen LogP) is 4.01. The monoisotopic (exact) mass is 347 g/mol. The Bertz CT molecular complexity index is 935. The van der Waals surface area contributed by atoms with Crippen LogP contribution in [0, 0.1) is 11.3 Å². The summed E-state index contributed by atoms with van der Waals surface area (Å²) in [7, 11) is 0. The smallest absolute Gasteiger partial charge is 0.335 e. The van der Waals surface area contributed by atoms with Crippen LogP contribution in [0.4, 0.5) is 0 Å². The molecule has 1 N–H and O–H groups in total. The lowest BCUT2D eigenvalue weighted by molar-refractivity contribution is 0.0697. The van der Waals surface area contributed by atoms with Gasteiger partial charge in [0.15, 0.2) is 0 Å². The molecule has 3 rings (SSSR count). The Labute approximate surface area is 149 Å². The second-order valence-electron chi connectivity index (χ2n) is 5.19. The normalized spacial score (nSPS) is 10.2. The fourth-order valence-corrected chi connectivity index (χ4v) is 3.14. The third-order valence-electron chi connectivity index (χ3n) is 3.53. The zero-order valence-electron chi connectivity index (χ0n) is 13.1. The first-order valence-electron chi connectivity index (χ1n) is 7.44. The van der Waals surface area contributed by atoms with Crippen molar-refractivity contribution in [3.63, 3.8) is 0 Å². The minimum Gasteiger partial charge on any atom is -0.478 e. The molecule has 0 spiro atoms. The van der Waals surface area contributed by atoms with Gasteiger partial charge in [-0.3, -0.25) is 4.98 Å². The molecule has 0 radical (unpaired) electrons. The van der Waals surface area contributed by atoms with Crippen LogP contribution in [-0.4, -0.2) is 21.0 Å². The number of nitriles is 1. The molecular weight excluding hydrogens is 334 g/mol. The van der Waals surface area contributed by atoms with Crippen molar-refractivity contribution >= 4 is 17.7 Å². The molecule has 0 bridgehead atoms. The van der Waals surface area contributed by atoms with Crippen molar-refractivity contribution in [1.29, 1.82) is 5.26 Å². The van der Waals surface area contributed by atoms with E-state index in [0.29, 0.717) is 16.3 Å². The molecule has 5 nitrogen and oxygen atoms in total. The van der Waals surface area contributed by atoms with E-state index < -0.39 is 5.97 Å². The van der Waals surface area contributed by atoms with Crippen molar-refractivity contribution in [2.45, 2.75) is 10.8 Å². The van der Waals surface area contributed by atoms with Crippen molar-refractivity contribution in [2.75, 3.05) is 0 Å². The first-order valence-corrected chi connectivity index (χ1v) is 8.42. The number of thioether (sulfide) groups is 1. The van der Waals surface area contributed by atoms with Gasteiger partial charge in [-0.05, 0) is 42.0 Å². The molecule has 0 saturated carbocycles. The molecule has 1 aromatic carbocycles. The third kappa shape index (κ3) is 4.03. The fourth-order valence-electron chi connectivity index (χ4n) is 2.21. The van der Waals surface area contributed by atoms with E-state index in [4.69, 9.17) is 5.11 Å². The summed E-state index contributed by atoms with van der Waals surface area (Å²) in [5, 5.41) is 18.9. The highest BCUT2D eigenvalue weighted by atomic mass is 32.2. The van der Waals surface area contributed by atoms with Crippen LogP contribution in [0.15, 0.2) is 66.0 Å². The Kier molecular flexibility index (Phi) is 5.07. The van der Waals surface area contributed by atoms with Crippen LogP contribution < -0.4 is 0 Å². The van der Waals surface area contributed by atoms with Crippen molar-refractivity contribution < 1.29 is 9.90 Å². The van der Waals surface area contributed by atoms with Gasteiger partial charge in [0.25, 0.3) is 0 Å². The lowest BCUT2D eigenvalue weighted by atomic mass is 10.1. The Morgan fingerprint density at radius 1 is 1.08 bits per heavy atom. The largest absolute Gasteiger partial charge is 0.478 e. The number of aromatic nitrogens is 2. The number of carboxylic acids is 1. The Hall–Kier alpha value is -3.17. The number of hydrogen-bond donors (Lipinski definition) is 1. The molecule has 0 aliphatic heterocycles. The van der Waals surface area contributed by atoms with E-state index in [-0.39, 0.29) is 5.56 Å². The summed E-state index contributed by atoms with van der Waals surface area (Å²) in [4.78, 5) is 19.5. The van der Waals surface area contributed by atoms with Crippen LogP contribution >= 0.6 is 11.8 Å². The average molecular weight is 347 g/mol. The number of carboxylic acid groups (broad SMARTS) is 1. The van der Waals surface area contributed by atoms with Gasteiger partial charge < -0.3 is 5.11 Å². The maximum absolute atomic E-state index is 10.9. The van der Waals surface area contributed by atoms with Gasteiger partial charge in [-0.25, -0.2) is 9.78 Å². The van der Waals surface area contributed by atoms with Crippen LogP contribution in [0.1, 0.15) is 21.5 Å². The molecule has 0 atom stereocenters. The molecule has 2 aromatic heterocycles. The molecule has 0 unspecified atom stereocenters. The van der Waals surface area contributed by atoms with Crippen LogP contribution in [0.25, 0.3) is 11.3 Å². The second kappa shape index (κ2) is 7.60. The van der Waals surface area contributed by atoms with Gasteiger partial charge in [0.05, 0.1) is 16.8 Å². The number of carbonyl (C=O) groups is 1. The van der Waals surface area contributed by atoms with Crippen LogP contribution in [-0.2, 0) is 5.75 Å². The van der Waals surface area contributed by atoms with Gasteiger partial charge in [0, 0.05) is 23.7 Å². The van der Waals surface area contributed by atoms with E-state index >= 15 is 0 Å². The molecule has 2 heterocycles. The van der Waals surface area contributed by atoms with Gasteiger partial charge >= 0.3 is 5.97 Å². The maximum atomic E-state index is 10.9. The summed E-state index contributed by atoms with van der Waals surface area (Å²) in [5.41, 5.74) is 3.46. The number of hydrogen-bond acceptors (Lipinski definition) is 5. The molecule has 0 saturated heterocycles. The SMILES string of the molecule is N#Cc1ccc(-c2ccncc2)nc1SCc1ccc(C(=O)O)cc1. The Balaban J connectivity index is 1.81. The number of pyridine rings is 2. The van der Waals surface area contributed by atoms with E-state index in [0.717, 1.165) is 16.8 Å². The van der Waals surface area contributed by atoms with E-state index in [9.17, 15) is 10.1 Å². The third-order valence-corrected chi connectivity index (χ3v) is 4.60. The van der Waals surface area contributed by atoms with Crippen LogP contribution in [0.2, 0.25) is 0 Å². The first-order chi connectivity index (χ1) is 12.2. The molecular formula is C19H13N3O2S. The molecule has 0 aliphatic carbocycles. The summed E-state index contributed by atoms with van der Waals surface area (Å²) in [6.45, 7) is 0. The zero-order valence-corrected chi connectivity index (χ0v) is 13.9. The molecule has 122 valence electrons. The highest BCUT2D eigenvalue weighted by Gasteiger charge is 2.09. The van der Waals surface area contributed by atoms with Crippen molar-refractivity contribution in [2.24, 2.45) is 0 Å². The lowest BCUT2D eigenvalue weighted by Crippen LogP contribution is -1.96. The van der Waals surface area contributed by atoms with E-state index in [1.807, 2.05) is 18.2 Å². The highest BCUT2D eigenvalue weighted by Crippen LogP contribution is 2.27. The summed E-state index contributed by atoms with van der Waals surface area (Å²) in [6, 6.07) is 16.2.